The Kier molecular flexibility index (Phi) is 3.83. The molecule has 0 radical (unpaired) electrons. The number of anilines is 2. The zero-order valence-electron chi connectivity index (χ0n) is 14.5. The fourth-order valence-electron chi connectivity index (χ4n) is 3.79. The Morgan fingerprint density at radius 2 is 2.04 bits per heavy atom. The lowest BCUT2D eigenvalue weighted by atomic mass is 10.1. The maximum Gasteiger partial charge on any atom is 0.143 e. The number of likely N-dealkylation sites (tertiary alicyclic amines) is 1. The van der Waals surface area contributed by atoms with Crippen LogP contribution in [0.4, 0.5) is 11.5 Å². The Hall–Kier alpha value is -2.86. The van der Waals surface area contributed by atoms with E-state index in [1.165, 1.54) is 37.9 Å². The van der Waals surface area contributed by atoms with Crippen LogP contribution in [0, 0.1) is 0 Å². The molecule has 1 aliphatic rings. The summed E-state index contributed by atoms with van der Waals surface area (Å²) in [5.74, 6) is 0.839. The Bertz CT molecular complexity index is 1040. The largest absolute Gasteiger partial charge is 0.464 e. The summed E-state index contributed by atoms with van der Waals surface area (Å²) in [6.45, 7) is 3.27. The number of hydrogen-bond acceptors (Lipinski definition) is 5. The van der Waals surface area contributed by atoms with Crippen LogP contribution < -0.4 is 5.32 Å². The number of nitrogens with one attached hydrogen (secondary N) is 2. The number of rotatable bonds is 4. The molecule has 4 heterocycles. The smallest absolute Gasteiger partial charge is 0.143 e. The highest BCUT2D eigenvalue weighted by molar-refractivity contribution is 5.93. The normalized spacial score (nSPS) is 15.7. The van der Waals surface area contributed by atoms with Crippen LogP contribution in [0.3, 0.4) is 0 Å². The minimum Gasteiger partial charge on any atom is -0.464 e. The summed E-state index contributed by atoms with van der Waals surface area (Å²) >= 11 is 0. The second-order valence-corrected chi connectivity index (χ2v) is 6.89. The van der Waals surface area contributed by atoms with Crippen molar-refractivity contribution in [2.24, 2.45) is 0 Å². The first-order chi connectivity index (χ1) is 12.9. The minimum absolute atomic E-state index is 0.839. The average Bonchev–Trinajstić information content (AvgIpc) is 3.30. The zero-order valence-corrected chi connectivity index (χ0v) is 14.5. The van der Waals surface area contributed by atoms with Crippen LogP contribution >= 0.6 is 0 Å². The summed E-state index contributed by atoms with van der Waals surface area (Å²) in [5, 5.41) is 5.61. The van der Waals surface area contributed by atoms with E-state index in [4.69, 9.17) is 4.42 Å². The van der Waals surface area contributed by atoms with Crippen molar-refractivity contribution in [1.82, 2.24) is 19.9 Å². The average molecular weight is 347 g/mol. The van der Waals surface area contributed by atoms with Gasteiger partial charge in [0.15, 0.2) is 0 Å². The molecule has 0 saturated carbocycles. The molecule has 4 aromatic rings. The number of nitrogens with zero attached hydrogens (tertiary/aromatic N) is 3. The second kappa shape index (κ2) is 6.46. The van der Waals surface area contributed by atoms with Gasteiger partial charge in [0, 0.05) is 23.8 Å². The maximum atomic E-state index is 5.42. The van der Waals surface area contributed by atoms with Gasteiger partial charge < -0.3 is 14.7 Å². The fraction of sp³-hybridized carbons (Fsp3) is 0.300. The van der Waals surface area contributed by atoms with Crippen molar-refractivity contribution >= 4 is 33.5 Å². The lowest BCUT2D eigenvalue weighted by Gasteiger charge is -2.26. The minimum atomic E-state index is 0.839. The molecule has 0 bridgehead atoms. The van der Waals surface area contributed by atoms with E-state index in [0.29, 0.717) is 0 Å². The van der Waals surface area contributed by atoms with Crippen molar-refractivity contribution in [3.8, 4) is 0 Å². The predicted octanol–water partition coefficient (Wildman–Crippen LogP) is 4.43. The first kappa shape index (κ1) is 15.4. The van der Waals surface area contributed by atoms with Crippen molar-refractivity contribution in [1.29, 1.82) is 0 Å². The first-order valence-electron chi connectivity index (χ1n) is 9.14. The maximum absolute atomic E-state index is 5.42. The predicted molar refractivity (Wildman–Crippen MR) is 103 cm³/mol. The van der Waals surface area contributed by atoms with Gasteiger partial charge in [0.25, 0.3) is 0 Å². The third kappa shape index (κ3) is 2.82. The molecule has 1 fully saturated rings. The lowest BCUT2D eigenvalue weighted by molar-refractivity contribution is 0.221. The molecule has 1 aromatic carbocycles. The molecule has 1 aliphatic heterocycles. The molecule has 5 rings (SSSR count). The number of H-pyrrole nitrogens is 1. The summed E-state index contributed by atoms with van der Waals surface area (Å²) in [7, 11) is 0. The molecule has 1 saturated heterocycles. The van der Waals surface area contributed by atoms with Crippen molar-refractivity contribution < 1.29 is 4.42 Å². The van der Waals surface area contributed by atoms with Crippen molar-refractivity contribution in [2.45, 2.75) is 25.8 Å². The number of furan rings is 1. The van der Waals surface area contributed by atoms with Crippen LogP contribution in [0.2, 0.25) is 0 Å². The summed E-state index contributed by atoms with van der Waals surface area (Å²) < 4.78 is 5.42. The SMILES string of the molecule is c1nc(Nc2ccc3occc3c2)c2c(CN3CCCCC3)c[nH]c2n1. The van der Waals surface area contributed by atoms with Gasteiger partial charge >= 0.3 is 0 Å². The van der Waals surface area contributed by atoms with E-state index in [-0.39, 0.29) is 0 Å². The standard InChI is InChI=1S/C20H21N5O/c1-2-7-25(8-3-1)12-15-11-21-19-18(15)20(23-13-22-19)24-16-4-5-17-14(10-16)6-9-26-17/h4-6,9-11,13H,1-3,7-8,12H2,(H2,21,22,23,24). The van der Waals surface area contributed by atoms with Gasteiger partial charge in [-0.2, -0.15) is 0 Å². The molecule has 0 aliphatic carbocycles. The summed E-state index contributed by atoms with van der Waals surface area (Å²) in [5.41, 5.74) is 3.99. The molecule has 6 heteroatoms. The summed E-state index contributed by atoms with van der Waals surface area (Å²) in [6, 6.07) is 8.02. The molecule has 0 unspecified atom stereocenters. The molecule has 26 heavy (non-hydrogen) atoms. The van der Waals surface area contributed by atoms with Crippen LogP contribution in [0.15, 0.2) is 47.5 Å². The molecule has 0 amide bonds. The Morgan fingerprint density at radius 3 is 2.96 bits per heavy atom. The number of fused-ring (bicyclic) bond motifs is 2. The van der Waals surface area contributed by atoms with Gasteiger partial charge in [0.2, 0.25) is 0 Å². The summed E-state index contributed by atoms with van der Waals surface area (Å²) in [4.78, 5) is 14.7. The van der Waals surface area contributed by atoms with E-state index < -0.39 is 0 Å². The highest BCUT2D eigenvalue weighted by Gasteiger charge is 2.16. The number of benzene rings is 1. The van der Waals surface area contributed by atoms with Gasteiger partial charge in [0.1, 0.15) is 23.4 Å². The van der Waals surface area contributed by atoms with Crippen LogP contribution in [-0.4, -0.2) is 32.9 Å². The second-order valence-electron chi connectivity index (χ2n) is 6.89. The molecular weight excluding hydrogens is 326 g/mol. The van der Waals surface area contributed by atoms with E-state index in [9.17, 15) is 0 Å². The van der Waals surface area contributed by atoms with Crippen LogP contribution in [0.25, 0.3) is 22.0 Å². The Labute approximate surface area is 151 Å². The van der Waals surface area contributed by atoms with E-state index in [2.05, 4.69) is 37.4 Å². The van der Waals surface area contributed by atoms with Crippen LogP contribution in [-0.2, 0) is 6.54 Å². The lowest BCUT2D eigenvalue weighted by Crippen LogP contribution is -2.29. The quantitative estimate of drug-likeness (QED) is 0.571. The van der Waals surface area contributed by atoms with E-state index >= 15 is 0 Å². The summed E-state index contributed by atoms with van der Waals surface area (Å²) in [6.07, 6.45) is 9.29. The van der Waals surface area contributed by atoms with Crippen molar-refractivity contribution in [2.75, 3.05) is 18.4 Å². The van der Waals surface area contributed by atoms with Gasteiger partial charge in [-0.25, -0.2) is 9.97 Å². The number of piperidine rings is 1. The van der Waals surface area contributed by atoms with Crippen molar-refractivity contribution in [3.05, 3.63) is 48.6 Å². The Balaban J connectivity index is 1.49. The van der Waals surface area contributed by atoms with E-state index in [1.54, 1.807) is 12.6 Å². The fourth-order valence-corrected chi connectivity index (χ4v) is 3.79. The highest BCUT2D eigenvalue weighted by Crippen LogP contribution is 2.29. The zero-order chi connectivity index (χ0) is 17.3. The third-order valence-electron chi connectivity index (χ3n) is 5.11. The van der Waals surface area contributed by atoms with Crippen LogP contribution in [0.1, 0.15) is 24.8 Å². The van der Waals surface area contributed by atoms with Gasteiger partial charge in [-0.3, -0.25) is 4.90 Å². The number of aromatic nitrogens is 3. The number of hydrogen-bond donors (Lipinski definition) is 2. The topological polar surface area (TPSA) is 70.0 Å². The molecule has 0 spiro atoms. The molecule has 2 N–H and O–H groups in total. The molecule has 132 valence electrons. The van der Waals surface area contributed by atoms with Gasteiger partial charge in [-0.15, -0.1) is 0 Å². The van der Waals surface area contributed by atoms with E-state index in [0.717, 1.165) is 40.1 Å². The van der Waals surface area contributed by atoms with Gasteiger partial charge in [-0.1, -0.05) is 6.42 Å². The Morgan fingerprint density at radius 1 is 1.12 bits per heavy atom. The highest BCUT2D eigenvalue weighted by atomic mass is 16.3. The van der Waals surface area contributed by atoms with Crippen molar-refractivity contribution in [3.63, 3.8) is 0 Å². The number of aromatic amines is 1. The van der Waals surface area contributed by atoms with E-state index in [1.807, 2.05) is 18.2 Å². The molecule has 6 nitrogen and oxygen atoms in total. The molecule has 0 atom stereocenters. The first-order valence-corrected chi connectivity index (χ1v) is 9.14. The molecular formula is C20H21N5O. The van der Waals surface area contributed by atoms with Gasteiger partial charge in [-0.05, 0) is 55.8 Å². The molecule has 3 aromatic heterocycles. The van der Waals surface area contributed by atoms with Crippen LogP contribution in [0.5, 0.6) is 0 Å². The van der Waals surface area contributed by atoms with Gasteiger partial charge in [0.05, 0.1) is 11.6 Å². The third-order valence-corrected chi connectivity index (χ3v) is 5.11. The monoisotopic (exact) mass is 347 g/mol.